The van der Waals surface area contributed by atoms with Crippen molar-refractivity contribution < 1.29 is 15.0 Å². The van der Waals surface area contributed by atoms with Gasteiger partial charge in [0.05, 0.1) is 34.8 Å². The third-order valence-electron chi connectivity index (χ3n) is 5.77. The van der Waals surface area contributed by atoms with Crippen LogP contribution in [0.1, 0.15) is 47.3 Å². The standard InChI is InChI=1S/C23H20N6O3/c24-14-15-1-3-16(4-2-15)20-13-21(23(32)11-9-19(30)10-12-23)27-29(20)18-7-5-17(6-8-18)22(31)26-28-25/h1-8,13,19,30,32H,9-12H2. The van der Waals surface area contributed by atoms with Crippen molar-refractivity contribution in [1.29, 1.82) is 5.26 Å². The lowest BCUT2D eigenvalue weighted by Gasteiger charge is -2.32. The van der Waals surface area contributed by atoms with E-state index in [1.54, 1.807) is 41.1 Å². The number of hydrogen-bond acceptors (Lipinski definition) is 5. The SMILES string of the molecule is N#Cc1ccc(-c2cc(C3(O)CCC(O)CC3)nn2-c2ccc(C(=O)N=[N+]=[N-])cc2)cc1. The fourth-order valence-electron chi connectivity index (χ4n) is 3.91. The quantitative estimate of drug-likeness (QED) is 0.366. The summed E-state index contributed by atoms with van der Waals surface area (Å²) in [6, 6.07) is 17.4. The van der Waals surface area contributed by atoms with Crippen LogP contribution in [0.3, 0.4) is 0 Å². The summed E-state index contributed by atoms with van der Waals surface area (Å²) in [7, 11) is 0. The maximum Gasteiger partial charge on any atom is 0.249 e. The molecule has 2 N–H and O–H groups in total. The highest BCUT2D eigenvalue weighted by Crippen LogP contribution is 2.38. The van der Waals surface area contributed by atoms with Gasteiger partial charge in [0.15, 0.2) is 0 Å². The van der Waals surface area contributed by atoms with Crippen LogP contribution in [0.5, 0.6) is 0 Å². The van der Waals surface area contributed by atoms with Crippen LogP contribution in [0.25, 0.3) is 27.4 Å². The summed E-state index contributed by atoms with van der Waals surface area (Å²) in [5, 5.41) is 37.9. The number of azide groups is 1. The van der Waals surface area contributed by atoms with Crippen molar-refractivity contribution in [2.45, 2.75) is 37.4 Å². The normalized spacial score (nSPS) is 20.2. The molecule has 0 bridgehead atoms. The summed E-state index contributed by atoms with van der Waals surface area (Å²) in [4.78, 5) is 14.3. The highest BCUT2D eigenvalue weighted by molar-refractivity contribution is 5.95. The monoisotopic (exact) mass is 428 g/mol. The van der Waals surface area contributed by atoms with Crippen molar-refractivity contribution >= 4 is 5.91 Å². The zero-order valence-corrected chi connectivity index (χ0v) is 17.1. The predicted molar refractivity (Wildman–Crippen MR) is 116 cm³/mol. The van der Waals surface area contributed by atoms with Crippen molar-refractivity contribution in [3.05, 3.63) is 81.9 Å². The molecule has 1 saturated carbocycles. The van der Waals surface area contributed by atoms with Crippen molar-refractivity contribution in [2.75, 3.05) is 0 Å². The first-order valence-corrected chi connectivity index (χ1v) is 10.1. The van der Waals surface area contributed by atoms with E-state index >= 15 is 0 Å². The van der Waals surface area contributed by atoms with Crippen LogP contribution in [0.2, 0.25) is 0 Å². The number of aromatic nitrogens is 2. The van der Waals surface area contributed by atoms with E-state index in [1.165, 1.54) is 0 Å². The molecule has 0 atom stereocenters. The average Bonchev–Trinajstić information content (AvgIpc) is 3.28. The highest BCUT2D eigenvalue weighted by Gasteiger charge is 2.37. The van der Waals surface area contributed by atoms with Crippen LogP contribution in [0.15, 0.2) is 59.7 Å². The molecule has 0 spiro atoms. The van der Waals surface area contributed by atoms with E-state index in [9.17, 15) is 15.0 Å². The number of amides is 1. The summed E-state index contributed by atoms with van der Waals surface area (Å²) in [5.74, 6) is -0.678. The van der Waals surface area contributed by atoms with Crippen LogP contribution in [0, 0.1) is 11.3 Å². The predicted octanol–water partition coefficient (Wildman–Crippen LogP) is 3.98. The number of benzene rings is 2. The van der Waals surface area contributed by atoms with Gasteiger partial charge in [-0.2, -0.15) is 10.4 Å². The summed E-state index contributed by atoms with van der Waals surface area (Å²) < 4.78 is 1.67. The van der Waals surface area contributed by atoms with Crippen LogP contribution >= 0.6 is 0 Å². The number of carbonyl (C=O) groups excluding carboxylic acids is 1. The minimum atomic E-state index is -1.15. The lowest BCUT2D eigenvalue weighted by atomic mass is 9.81. The van der Waals surface area contributed by atoms with Crippen LogP contribution in [-0.2, 0) is 5.60 Å². The van der Waals surface area contributed by atoms with Crippen molar-refractivity contribution in [3.8, 4) is 23.0 Å². The molecule has 0 unspecified atom stereocenters. The maximum absolute atomic E-state index is 11.8. The molecule has 0 saturated heterocycles. The van der Waals surface area contributed by atoms with Gasteiger partial charge in [0.25, 0.3) is 0 Å². The Balaban J connectivity index is 1.79. The highest BCUT2D eigenvalue weighted by atomic mass is 16.3. The van der Waals surface area contributed by atoms with Crippen molar-refractivity contribution in [1.82, 2.24) is 9.78 Å². The second-order valence-corrected chi connectivity index (χ2v) is 7.82. The summed E-state index contributed by atoms with van der Waals surface area (Å²) in [6.07, 6.45) is 1.36. The van der Waals surface area contributed by atoms with E-state index in [0.717, 1.165) is 5.56 Å². The van der Waals surface area contributed by atoms with E-state index < -0.39 is 17.6 Å². The number of nitrogens with zero attached hydrogens (tertiary/aromatic N) is 6. The molecule has 160 valence electrons. The average molecular weight is 428 g/mol. The van der Waals surface area contributed by atoms with Gasteiger partial charge in [-0.05, 0) is 78.8 Å². The summed E-state index contributed by atoms with van der Waals surface area (Å²) in [6.45, 7) is 0. The van der Waals surface area contributed by atoms with Crippen LogP contribution in [0.4, 0.5) is 0 Å². The van der Waals surface area contributed by atoms with Gasteiger partial charge in [0.1, 0.15) is 5.60 Å². The minimum Gasteiger partial charge on any atom is -0.393 e. The molecule has 9 nitrogen and oxygen atoms in total. The van der Waals surface area contributed by atoms with Gasteiger partial charge in [0.2, 0.25) is 5.91 Å². The number of aliphatic hydroxyl groups excluding tert-OH is 1. The molecule has 2 aromatic carbocycles. The first-order valence-electron chi connectivity index (χ1n) is 10.1. The zero-order chi connectivity index (χ0) is 22.7. The Bertz CT molecular complexity index is 1230. The largest absolute Gasteiger partial charge is 0.393 e. The van der Waals surface area contributed by atoms with E-state index in [4.69, 9.17) is 10.8 Å². The van der Waals surface area contributed by atoms with Crippen molar-refractivity contribution in [3.63, 3.8) is 0 Å². The van der Waals surface area contributed by atoms with Crippen LogP contribution in [-0.4, -0.2) is 32.0 Å². The molecule has 1 heterocycles. The van der Waals surface area contributed by atoms with Crippen molar-refractivity contribution in [2.24, 2.45) is 5.11 Å². The fraction of sp³-hybridized carbons (Fsp3) is 0.261. The van der Waals surface area contributed by atoms with Gasteiger partial charge in [-0.25, -0.2) is 4.68 Å². The Morgan fingerprint density at radius 1 is 1.19 bits per heavy atom. The summed E-state index contributed by atoms with van der Waals surface area (Å²) in [5.41, 5.74) is 10.7. The van der Waals surface area contributed by atoms with Gasteiger partial charge in [-0.3, -0.25) is 4.79 Å². The number of hydrogen-bond donors (Lipinski definition) is 2. The maximum atomic E-state index is 11.8. The number of rotatable bonds is 4. The molecule has 1 aliphatic rings. The third kappa shape index (κ3) is 4.11. The van der Waals surface area contributed by atoms with Gasteiger partial charge >= 0.3 is 0 Å². The van der Waals surface area contributed by atoms with E-state index in [1.807, 2.05) is 18.2 Å². The van der Waals surface area contributed by atoms with Crippen LogP contribution < -0.4 is 0 Å². The molecule has 0 radical (unpaired) electrons. The fourth-order valence-corrected chi connectivity index (χ4v) is 3.91. The molecule has 9 heteroatoms. The van der Waals surface area contributed by atoms with Gasteiger partial charge < -0.3 is 10.2 Å². The molecule has 0 aliphatic heterocycles. The second kappa shape index (κ2) is 8.65. The van der Waals surface area contributed by atoms with Gasteiger partial charge in [-0.15, -0.1) is 0 Å². The first kappa shape index (κ1) is 21.3. The molecular weight excluding hydrogens is 408 g/mol. The smallest absolute Gasteiger partial charge is 0.249 e. The Morgan fingerprint density at radius 3 is 2.44 bits per heavy atom. The Labute approximate surface area is 183 Å². The lowest BCUT2D eigenvalue weighted by Crippen LogP contribution is -2.33. The van der Waals surface area contributed by atoms with Gasteiger partial charge in [-0.1, -0.05) is 12.1 Å². The Hall–Kier alpha value is -3.96. The number of nitriles is 1. The molecule has 32 heavy (non-hydrogen) atoms. The Kier molecular flexibility index (Phi) is 5.75. The second-order valence-electron chi connectivity index (χ2n) is 7.82. The first-order chi connectivity index (χ1) is 15.4. The third-order valence-corrected chi connectivity index (χ3v) is 5.77. The molecule has 1 fully saturated rings. The number of aliphatic hydroxyl groups is 2. The zero-order valence-electron chi connectivity index (χ0n) is 17.1. The number of carbonyl (C=O) groups is 1. The van der Waals surface area contributed by atoms with E-state index in [2.05, 4.69) is 21.2 Å². The van der Waals surface area contributed by atoms with E-state index in [-0.39, 0.29) is 5.56 Å². The molecule has 4 rings (SSSR count). The molecular formula is C23H20N6O3. The molecule has 3 aromatic rings. The van der Waals surface area contributed by atoms with Gasteiger partial charge in [0, 0.05) is 16.0 Å². The minimum absolute atomic E-state index is 0.249. The topological polar surface area (TPSA) is 148 Å². The lowest BCUT2D eigenvalue weighted by molar-refractivity contribution is -0.0393. The Morgan fingerprint density at radius 2 is 1.84 bits per heavy atom. The molecule has 1 aliphatic carbocycles. The summed E-state index contributed by atoms with van der Waals surface area (Å²) >= 11 is 0. The molecule has 1 aromatic heterocycles. The molecule has 1 amide bonds. The van der Waals surface area contributed by atoms with E-state index in [0.29, 0.717) is 48.3 Å².